The number of methoxy groups -OCH3 is 1. The molecule has 1 atom stereocenters. The van der Waals surface area contributed by atoms with Gasteiger partial charge in [-0.15, -0.1) is 0 Å². The van der Waals surface area contributed by atoms with Crippen molar-refractivity contribution in [2.24, 2.45) is 16.0 Å². The lowest BCUT2D eigenvalue weighted by Gasteiger charge is -2.12. The second-order valence-corrected chi connectivity index (χ2v) is 7.50. The zero-order chi connectivity index (χ0) is 23.2. The van der Waals surface area contributed by atoms with Gasteiger partial charge in [-0.2, -0.15) is 10.1 Å². The summed E-state index contributed by atoms with van der Waals surface area (Å²) < 4.78 is 5.13. The molecule has 1 aliphatic rings. The Labute approximate surface area is 192 Å². The number of nitrogens with zero attached hydrogens (tertiary/aromatic N) is 3. The molecule has 0 spiro atoms. The van der Waals surface area contributed by atoms with Crippen LogP contribution in [0.15, 0.2) is 95.0 Å². The molecule has 3 aromatic carbocycles. The Morgan fingerprint density at radius 2 is 1.70 bits per heavy atom. The summed E-state index contributed by atoms with van der Waals surface area (Å²) in [6.45, 7) is 1.81. The van der Waals surface area contributed by atoms with Crippen LogP contribution in [0.25, 0.3) is 6.08 Å². The van der Waals surface area contributed by atoms with E-state index in [-0.39, 0.29) is 11.7 Å². The average Bonchev–Trinajstić information content (AvgIpc) is 3.15. The van der Waals surface area contributed by atoms with Crippen molar-refractivity contribution < 1.29 is 14.3 Å². The third kappa shape index (κ3) is 5.13. The maximum absolute atomic E-state index is 12.8. The molecule has 33 heavy (non-hydrogen) atoms. The molecule has 1 unspecified atom stereocenters. The first kappa shape index (κ1) is 21.9. The lowest BCUT2D eigenvalue weighted by atomic mass is 10.1. The SMILES string of the molecule is COc1ccc(/C=C/C(=O)c2ccc(N=CC3C(=O)N(c4ccccc4)N=C3C)cc2)cc1. The van der Waals surface area contributed by atoms with Crippen LogP contribution in [0.5, 0.6) is 5.75 Å². The van der Waals surface area contributed by atoms with Crippen molar-refractivity contribution in [1.29, 1.82) is 0 Å². The summed E-state index contributed by atoms with van der Waals surface area (Å²) in [6, 6.07) is 23.7. The number of allylic oxidation sites excluding steroid dienone is 1. The summed E-state index contributed by atoms with van der Waals surface area (Å²) in [7, 11) is 1.61. The van der Waals surface area contributed by atoms with Crippen LogP contribution in [0.1, 0.15) is 22.8 Å². The summed E-state index contributed by atoms with van der Waals surface area (Å²) in [4.78, 5) is 29.7. The van der Waals surface area contributed by atoms with Gasteiger partial charge in [-0.3, -0.25) is 14.6 Å². The van der Waals surface area contributed by atoms with Crippen LogP contribution < -0.4 is 9.75 Å². The number of amides is 1. The second-order valence-electron chi connectivity index (χ2n) is 7.50. The normalized spacial score (nSPS) is 15.9. The highest BCUT2D eigenvalue weighted by Crippen LogP contribution is 2.23. The third-order valence-electron chi connectivity index (χ3n) is 5.25. The molecule has 1 heterocycles. The van der Waals surface area contributed by atoms with Crippen molar-refractivity contribution in [3.05, 3.63) is 96.1 Å². The van der Waals surface area contributed by atoms with Gasteiger partial charge in [0.25, 0.3) is 5.91 Å². The van der Waals surface area contributed by atoms with Crippen LogP contribution in [-0.2, 0) is 4.79 Å². The van der Waals surface area contributed by atoms with Crippen molar-refractivity contribution in [3.8, 4) is 5.75 Å². The van der Waals surface area contributed by atoms with E-state index in [0.717, 1.165) is 17.0 Å². The van der Waals surface area contributed by atoms with Crippen LogP contribution in [-0.4, -0.2) is 30.7 Å². The molecule has 0 bridgehead atoms. The summed E-state index contributed by atoms with van der Waals surface area (Å²) in [5.41, 5.74) is 3.53. The van der Waals surface area contributed by atoms with E-state index in [2.05, 4.69) is 10.1 Å². The van der Waals surface area contributed by atoms with E-state index in [4.69, 9.17) is 4.74 Å². The Morgan fingerprint density at radius 1 is 1.00 bits per heavy atom. The summed E-state index contributed by atoms with van der Waals surface area (Å²) in [6.07, 6.45) is 4.90. The highest BCUT2D eigenvalue weighted by molar-refractivity contribution is 6.23. The predicted octanol–water partition coefficient (Wildman–Crippen LogP) is 5.33. The topological polar surface area (TPSA) is 71.3 Å². The maximum atomic E-state index is 12.8. The average molecular weight is 437 g/mol. The van der Waals surface area contributed by atoms with Crippen LogP contribution in [0.4, 0.5) is 11.4 Å². The Bertz CT molecular complexity index is 1230. The zero-order valence-corrected chi connectivity index (χ0v) is 18.4. The molecule has 3 aromatic rings. The monoisotopic (exact) mass is 437 g/mol. The number of hydrazone groups is 1. The highest BCUT2D eigenvalue weighted by atomic mass is 16.5. The minimum absolute atomic E-state index is 0.103. The third-order valence-corrected chi connectivity index (χ3v) is 5.25. The van der Waals surface area contributed by atoms with Gasteiger partial charge in [0.05, 0.1) is 24.2 Å². The van der Waals surface area contributed by atoms with E-state index in [1.54, 1.807) is 43.7 Å². The molecule has 164 valence electrons. The number of carbonyl (C=O) groups is 2. The van der Waals surface area contributed by atoms with Crippen LogP contribution >= 0.6 is 0 Å². The van der Waals surface area contributed by atoms with E-state index in [1.807, 2.05) is 61.5 Å². The molecular formula is C27H23N3O3. The van der Waals surface area contributed by atoms with Gasteiger partial charge in [0.2, 0.25) is 0 Å². The Hall–Kier alpha value is -4.32. The first-order chi connectivity index (χ1) is 16.0. The largest absolute Gasteiger partial charge is 0.497 e. The number of ether oxygens (including phenoxy) is 1. The Balaban J connectivity index is 1.40. The van der Waals surface area contributed by atoms with Crippen molar-refractivity contribution in [3.63, 3.8) is 0 Å². The molecule has 0 saturated carbocycles. The molecule has 0 radical (unpaired) electrons. The fourth-order valence-electron chi connectivity index (χ4n) is 3.36. The first-order valence-corrected chi connectivity index (χ1v) is 10.5. The van der Waals surface area contributed by atoms with Gasteiger partial charge < -0.3 is 4.74 Å². The van der Waals surface area contributed by atoms with Crippen molar-refractivity contribution >= 4 is 41.1 Å². The molecule has 0 aliphatic carbocycles. The van der Waals surface area contributed by atoms with Gasteiger partial charge in [-0.1, -0.05) is 36.4 Å². The standard InChI is InChI=1S/C27H23N3O3/c1-19-25(27(32)30(29-19)23-6-4-3-5-7-23)18-28-22-13-11-21(12-14-22)26(31)17-10-20-8-15-24(33-2)16-9-20/h3-18,25H,1-2H3/b17-10+,28-18?. The Morgan fingerprint density at radius 3 is 2.36 bits per heavy atom. The van der Waals surface area contributed by atoms with Crippen molar-refractivity contribution in [1.82, 2.24) is 0 Å². The number of carbonyl (C=O) groups excluding carboxylic acids is 2. The number of para-hydroxylation sites is 1. The van der Waals surface area contributed by atoms with E-state index < -0.39 is 5.92 Å². The van der Waals surface area contributed by atoms with E-state index in [1.165, 1.54) is 11.1 Å². The first-order valence-electron chi connectivity index (χ1n) is 10.5. The van der Waals surface area contributed by atoms with E-state index >= 15 is 0 Å². The number of hydrogen-bond donors (Lipinski definition) is 0. The van der Waals surface area contributed by atoms with E-state index in [9.17, 15) is 9.59 Å². The van der Waals surface area contributed by atoms with Crippen molar-refractivity contribution in [2.75, 3.05) is 12.1 Å². The second kappa shape index (κ2) is 9.87. The minimum atomic E-state index is -0.515. The van der Waals surface area contributed by atoms with Gasteiger partial charge >= 0.3 is 0 Å². The number of rotatable bonds is 7. The number of benzene rings is 3. The Kier molecular flexibility index (Phi) is 6.55. The summed E-state index contributed by atoms with van der Waals surface area (Å²) in [5.74, 6) is 0.00817. The molecule has 4 rings (SSSR count). The quantitative estimate of drug-likeness (QED) is 0.285. The molecule has 0 aromatic heterocycles. The van der Waals surface area contributed by atoms with Crippen molar-refractivity contribution in [2.45, 2.75) is 6.92 Å². The summed E-state index contributed by atoms with van der Waals surface area (Å²) >= 11 is 0. The molecule has 6 nitrogen and oxygen atoms in total. The number of ketones is 1. The zero-order valence-electron chi connectivity index (χ0n) is 18.4. The lowest BCUT2D eigenvalue weighted by Crippen LogP contribution is -2.27. The predicted molar refractivity (Wildman–Crippen MR) is 131 cm³/mol. The summed E-state index contributed by atoms with van der Waals surface area (Å²) in [5, 5.41) is 5.78. The lowest BCUT2D eigenvalue weighted by molar-refractivity contribution is -0.118. The van der Waals surface area contributed by atoms with Gasteiger partial charge in [0.15, 0.2) is 5.78 Å². The van der Waals surface area contributed by atoms with Gasteiger partial charge in [0, 0.05) is 11.8 Å². The highest BCUT2D eigenvalue weighted by Gasteiger charge is 2.33. The molecule has 1 amide bonds. The maximum Gasteiger partial charge on any atom is 0.261 e. The number of anilines is 1. The molecule has 6 heteroatoms. The fourth-order valence-corrected chi connectivity index (χ4v) is 3.36. The van der Waals surface area contributed by atoms with Crippen LogP contribution in [0.2, 0.25) is 0 Å². The molecular weight excluding hydrogens is 414 g/mol. The number of hydrogen-bond acceptors (Lipinski definition) is 5. The van der Waals surface area contributed by atoms with Gasteiger partial charge in [-0.25, -0.2) is 0 Å². The fraction of sp³-hybridized carbons (Fsp3) is 0.111. The number of aliphatic imine (C=N–C) groups is 1. The molecule has 1 aliphatic heterocycles. The van der Waals surface area contributed by atoms with Crippen LogP contribution in [0.3, 0.4) is 0 Å². The van der Waals surface area contributed by atoms with E-state index in [0.29, 0.717) is 17.0 Å². The minimum Gasteiger partial charge on any atom is -0.497 e. The molecule has 0 N–H and O–H groups in total. The smallest absolute Gasteiger partial charge is 0.261 e. The van der Waals surface area contributed by atoms with Gasteiger partial charge in [-0.05, 0) is 67.1 Å². The van der Waals surface area contributed by atoms with Gasteiger partial charge in [0.1, 0.15) is 11.7 Å². The molecule has 0 saturated heterocycles. The van der Waals surface area contributed by atoms with Crippen LogP contribution in [0, 0.1) is 5.92 Å². The molecule has 0 fully saturated rings.